The van der Waals surface area contributed by atoms with Crippen LogP contribution in [0.15, 0.2) is 72.8 Å². The molecule has 0 radical (unpaired) electrons. The van der Waals surface area contributed by atoms with Gasteiger partial charge in [0, 0.05) is 12.1 Å². The Balaban J connectivity index is 0.00000261. The van der Waals surface area contributed by atoms with E-state index in [1.54, 1.807) is 0 Å². The largest absolute Gasteiger partial charge is 0.488 e. The molecule has 3 aromatic carbocycles. The summed E-state index contributed by atoms with van der Waals surface area (Å²) < 4.78 is 44.2. The highest BCUT2D eigenvalue weighted by molar-refractivity contribution is 5.85. The van der Waals surface area contributed by atoms with Crippen LogP contribution in [0.3, 0.4) is 0 Å². The van der Waals surface area contributed by atoms with Crippen molar-refractivity contribution in [2.24, 2.45) is 5.73 Å². The third-order valence-corrected chi connectivity index (χ3v) is 4.04. The SMILES string of the molecule is Cl.NCc1ccc(-c2ccc(C(F)(F)F)cc2)c(OCc2ccccc2)c1. The first-order valence-electron chi connectivity index (χ1n) is 8.15. The predicted molar refractivity (Wildman–Crippen MR) is 103 cm³/mol. The predicted octanol–water partition coefficient (Wildman–Crippen LogP) is 5.83. The van der Waals surface area contributed by atoms with Crippen LogP contribution in [-0.2, 0) is 19.3 Å². The second kappa shape index (κ2) is 8.93. The molecule has 6 heteroatoms. The summed E-state index contributed by atoms with van der Waals surface area (Å²) in [5, 5.41) is 0. The molecule has 0 fully saturated rings. The van der Waals surface area contributed by atoms with Gasteiger partial charge in [-0.25, -0.2) is 0 Å². The fraction of sp³-hybridized carbons (Fsp3) is 0.143. The van der Waals surface area contributed by atoms with Gasteiger partial charge in [0.05, 0.1) is 5.56 Å². The van der Waals surface area contributed by atoms with Gasteiger partial charge in [-0.15, -0.1) is 12.4 Å². The van der Waals surface area contributed by atoms with E-state index in [1.807, 2.05) is 48.5 Å². The van der Waals surface area contributed by atoms with Gasteiger partial charge >= 0.3 is 6.18 Å². The second-order valence-corrected chi connectivity index (χ2v) is 5.88. The van der Waals surface area contributed by atoms with Gasteiger partial charge in [0.1, 0.15) is 12.4 Å². The van der Waals surface area contributed by atoms with Crippen LogP contribution in [0.25, 0.3) is 11.1 Å². The number of nitrogens with two attached hydrogens (primary N) is 1. The minimum absolute atomic E-state index is 0. The molecule has 3 rings (SSSR count). The van der Waals surface area contributed by atoms with E-state index in [0.717, 1.165) is 28.8 Å². The summed E-state index contributed by atoms with van der Waals surface area (Å²) in [6, 6.07) is 20.2. The molecule has 0 aliphatic rings. The molecule has 0 saturated heterocycles. The van der Waals surface area contributed by atoms with Crippen molar-refractivity contribution >= 4 is 12.4 Å². The first-order chi connectivity index (χ1) is 12.5. The zero-order valence-corrected chi connectivity index (χ0v) is 15.2. The molecule has 0 unspecified atom stereocenters. The molecule has 3 aromatic rings. The van der Waals surface area contributed by atoms with Gasteiger partial charge in [-0.2, -0.15) is 13.2 Å². The van der Waals surface area contributed by atoms with Gasteiger partial charge in [-0.1, -0.05) is 54.6 Å². The number of ether oxygens (including phenoxy) is 1. The van der Waals surface area contributed by atoms with Gasteiger partial charge < -0.3 is 10.5 Å². The summed E-state index contributed by atoms with van der Waals surface area (Å²) in [6.07, 6.45) is -4.35. The Labute approximate surface area is 162 Å². The van der Waals surface area contributed by atoms with Crippen molar-refractivity contribution in [1.29, 1.82) is 0 Å². The van der Waals surface area contributed by atoms with E-state index in [2.05, 4.69) is 0 Å². The lowest BCUT2D eigenvalue weighted by Gasteiger charge is -2.14. The van der Waals surface area contributed by atoms with Crippen LogP contribution in [0.5, 0.6) is 5.75 Å². The first kappa shape index (κ1) is 20.8. The molecule has 0 aliphatic carbocycles. The van der Waals surface area contributed by atoms with E-state index in [1.165, 1.54) is 12.1 Å². The maximum Gasteiger partial charge on any atom is 0.416 e. The molecule has 142 valence electrons. The molecule has 0 amide bonds. The highest BCUT2D eigenvalue weighted by Gasteiger charge is 2.30. The van der Waals surface area contributed by atoms with Crippen LogP contribution in [-0.4, -0.2) is 0 Å². The summed E-state index contributed by atoms with van der Waals surface area (Å²) in [5.41, 5.74) is 8.31. The van der Waals surface area contributed by atoms with Crippen molar-refractivity contribution in [2.75, 3.05) is 0 Å². The smallest absolute Gasteiger partial charge is 0.416 e. The second-order valence-electron chi connectivity index (χ2n) is 5.88. The summed E-state index contributed by atoms with van der Waals surface area (Å²) in [7, 11) is 0. The van der Waals surface area contributed by atoms with Crippen LogP contribution < -0.4 is 10.5 Å². The Hall–Kier alpha value is -2.50. The minimum Gasteiger partial charge on any atom is -0.488 e. The van der Waals surface area contributed by atoms with Crippen molar-refractivity contribution in [3.8, 4) is 16.9 Å². The van der Waals surface area contributed by atoms with Crippen molar-refractivity contribution in [2.45, 2.75) is 19.3 Å². The number of hydrogen-bond donors (Lipinski definition) is 1. The maximum absolute atomic E-state index is 12.8. The number of hydrogen-bond acceptors (Lipinski definition) is 2. The monoisotopic (exact) mass is 393 g/mol. The summed E-state index contributed by atoms with van der Waals surface area (Å²) in [6.45, 7) is 0.720. The highest BCUT2D eigenvalue weighted by Crippen LogP contribution is 2.35. The van der Waals surface area contributed by atoms with Crippen molar-refractivity contribution < 1.29 is 17.9 Å². The lowest BCUT2D eigenvalue weighted by Crippen LogP contribution is -2.04. The highest BCUT2D eigenvalue weighted by atomic mass is 35.5. The first-order valence-corrected chi connectivity index (χ1v) is 8.15. The van der Waals surface area contributed by atoms with Gasteiger partial charge in [0.15, 0.2) is 0 Å². The van der Waals surface area contributed by atoms with Crippen LogP contribution in [0, 0.1) is 0 Å². The van der Waals surface area contributed by atoms with E-state index in [-0.39, 0.29) is 12.4 Å². The van der Waals surface area contributed by atoms with E-state index in [4.69, 9.17) is 10.5 Å². The lowest BCUT2D eigenvalue weighted by molar-refractivity contribution is -0.137. The van der Waals surface area contributed by atoms with Crippen LogP contribution in [0.2, 0.25) is 0 Å². The molecule has 27 heavy (non-hydrogen) atoms. The fourth-order valence-electron chi connectivity index (χ4n) is 2.63. The molecular weight excluding hydrogens is 375 g/mol. The van der Waals surface area contributed by atoms with E-state index in [0.29, 0.717) is 24.5 Å². The number of rotatable bonds is 5. The molecule has 0 saturated carbocycles. The van der Waals surface area contributed by atoms with Crippen LogP contribution in [0.1, 0.15) is 16.7 Å². The average molecular weight is 394 g/mol. The van der Waals surface area contributed by atoms with Crippen molar-refractivity contribution in [3.63, 3.8) is 0 Å². The topological polar surface area (TPSA) is 35.2 Å². The zero-order chi connectivity index (χ0) is 18.6. The minimum atomic E-state index is -4.35. The van der Waals surface area contributed by atoms with E-state index < -0.39 is 11.7 Å². The van der Waals surface area contributed by atoms with Crippen LogP contribution in [0.4, 0.5) is 13.2 Å². The molecule has 0 spiro atoms. The molecule has 2 N–H and O–H groups in total. The Kier molecular flexibility index (Phi) is 6.88. The van der Waals surface area contributed by atoms with Gasteiger partial charge in [-0.3, -0.25) is 0 Å². The molecule has 2 nitrogen and oxygen atoms in total. The Morgan fingerprint density at radius 3 is 2.07 bits per heavy atom. The third-order valence-electron chi connectivity index (χ3n) is 4.04. The summed E-state index contributed by atoms with van der Waals surface area (Å²) in [5.74, 6) is 0.594. The molecule has 0 aliphatic heterocycles. The Morgan fingerprint density at radius 2 is 1.48 bits per heavy atom. The normalized spacial score (nSPS) is 11.0. The van der Waals surface area contributed by atoms with E-state index >= 15 is 0 Å². The lowest BCUT2D eigenvalue weighted by atomic mass is 10.0. The molecule has 0 aromatic heterocycles. The Morgan fingerprint density at radius 1 is 0.815 bits per heavy atom. The molecular formula is C21H19ClF3NO. The quantitative estimate of drug-likeness (QED) is 0.591. The average Bonchev–Trinajstić information content (AvgIpc) is 2.66. The molecule has 0 bridgehead atoms. The number of alkyl halides is 3. The van der Waals surface area contributed by atoms with Crippen molar-refractivity contribution in [1.82, 2.24) is 0 Å². The number of halogens is 4. The molecule has 0 heterocycles. The fourth-order valence-corrected chi connectivity index (χ4v) is 2.63. The Bertz CT molecular complexity index is 865. The standard InChI is InChI=1S/C21H18F3NO.ClH/c22-21(23,24)18-9-7-17(8-10-18)19-11-6-16(13-25)12-20(19)26-14-15-4-2-1-3-5-15;/h1-12H,13-14,25H2;1H. The van der Waals surface area contributed by atoms with Gasteiger partial charge in [-0.05, 0) is 34.9 Å². The van der Waals surface area contributed by atoms with E-state index in [9.17, 15) is 13.2 Å². The maximum atomic E-state index is 12.8. The van der Waals surface area contributed by atoms with Gasteiger partial charge in [0.2, 0.25) is 0 Å². The summed E-state index contributed by atoms with van der Waals surface area (Å²) >= 11 is 0. The van der Waals surface area contributed by atoms with Crippen molar-refractivity contribution in [3.05, 3.63) is 89.5 Å². The molecule has 0 atom stereocenters. The number of benzene rings is 3. The third kappa shape index (κ3) is 5.25. The zero-order valence-electron chi connectivity index (χ0n) is 14.4. The van der Waals surface area contributed by atoms with Gasteiger partial charge in [0.25, 0.3) is 0 Å². The summed E-state index contributed by atoms with van der Waals surface area (Å²) in [4.78, 5) is 0. The van der Waals surface area contributed by atoms with Crippen LogP contribution >= 0.6 is 12.4 Å².